The highest BCUT2D eigenvalue weighted by Crippen LogP contribution is 2.38. The molecule has 0 amide bonds. The summed E-state index contributed by atoms with van der Waals surface area (Å²) in [5.74, 6) is 2.89. The van der Waals surface area contributed by atoms with Crippen molar-refractivity contribution in [2.24, 2.45) is 27.7 Å². The molecule has 0 aliphatic rings. The molecule has 5 aromatic carbocycles. The number of rotatable bonds is 22. The number of carbonyl (C=O) groups is 2. The number of pyridine rings is 1. The van der Waals surface area contributed by atoms with Gasteiger partial charge in [0.1, 0.15) is 19.5 Å². The first kappa shape index (κ1) is 55.0. The number of carbonyl (C=O) groups excluding carboxylic acids is 2. The fraction of sp³-hybridized carbons (Fsp3) is 0.383. The summed E-state index contributed by atoms with van der Waals surface area (Å²) in [6.45, 7) is 20.5. The molecule has 0 saturated carbocycles. The van der Waals surface area contributed by atoms with Crippen molar-refractivity contribution in [1.82, 2.24) is 4.98 Å². The van der Waals surface area contributed by atoms with Crippen molar-refractivity contribution in [2.45, 2.75) is 121 Å². The van der Waals surface area contributed by atoms with Crippen LogP contribution in [-0.4, -0.2) is 43.7 Å². The van der Waals surface area contributed by atoms with E-state index in [1.165, 1.54) is 29.2 Å². The maximum absolute atomic E-state index is 12.9. The number of hydrogen-bond donors (Lipinski definition) is 0. The molecule has 2 atom stereocenters. The summed E-state index contributed by atoms with van der Waals surface area (Å²) in [6.07, 6.45) is 10.8. The van der Waals surface area contributed by atoms with Crippen LogP contribution in [0.1, 0.15) is 125 Å². The minimum absolute atomic E-state index is 0.103. The topological polar surface area (TPSA) is 109 Å². The van der Waals surface area contributed by atoms with E-state index in [9.17, 15) is 4.79 Å². The minimum atomic E-state index is -0.103. The molecule has 0 spiro atoms. The van der Waals surface area contributed by atoms with Gasteiger partial charge >= 0.3 is 0 Å². The summed E-state index contributed by atoms with van der Waals surface area (Å²) in [6, 6.07) is 34.8. The van der Waals surface area contributed by atoms with Crippen molar-refractivity contribution in [3.63, 3.8) is 0 Å². The zero-order valence-electron chi connectivity index (χ0n) is 43.2. The second-order valence-corrected chi connectivity index (χ2v) is 17.1. The van der Waals surface area contributed by atoms with E-state index >= 15 is 0 Å². The molecule has 366 valence electrons. The molecule has 0 saturated heterocycles. The Morgan fingerprint density at radius 3 is 1.78 bits per heavy atom. The van der Waals surface area contributed by atoms with Crippen molar-refractivity contribution >= 4 is 46.8 Å². The SMILES string of the molecule is CC.CC=O.CCCC(C=Nc1cc(OCc2cc(COc3cc(N=CC(Cc4ccccc4CC)C(C)C)c(C(C)=O)cc3OC)nc3ccccc23)c(OC)cc1C)Cc1ccccc1CC. The molecule has 6 aromatic rings. The Morgan fingerprint density at radius 1 is 0.667 bits per heavy atom. The van der Waals surface area contributed by atoms with E-state index in [2.05, 4.69) is 102 Å². The number of aliphatic imine (C=N–C) groups is 2. The highest BCUT2D eigenvalue weighted by Gasteiger charge is 2.19. The molecule has 69 heavy (non-hydrogen) atoms. The van der Waals surface area contributed by atoms with E-state index in [1.807, 2.05) is 56.5 Å². The summed E-state index contributed by atoms with van der Waals surface area (Å²) in [5, 5.41) is 0.978. The summed E-state index contributed by atoms with van der Waals surface area (Å²) >= 11 is 0. The highest BCUT2D eigenvalue weighted by atomic mass is 16.5. The second-order valence-electron chi connectivity index (χ2n) is 17.1. The van der Waals surface area contributed by atoms with Gasteiger partial charge in [0.05, 0.1) is 36.8 Å². The van der Waals surface area contributed by atoms with Crippen molar-refractivity contribution < 1.29 is 28.5 Å². The van der Waals surface area contributed by atoms with E-state index < -0.39 is 0 Å². The quantitative estimate of drug-likeness (QED) is 0.0379. The summed E-state index contributed by atoms with van der Waals surface area (Å²) < 4.78 is 24.6. The third kappa shape index (κ3) is 15.7. The lowest BCUT2D eigenvalue weighted by Crippen LogP contribution is -2.14. The number of ether oxygens (including phenoxy) is 4. The molecule has 0 N–H and O–H groups in total. The number of aryl methyl sites for hydroxylation is 3. The minimum Gasteiger partial charge on any atom is -0.493 e. The van der Waals surface area contributed by atoms with Gasteiger partial charge in [0.15, 0.2) is 28.8 Å². The van der Waals surface area contributed by atoms with Crippen molar-refractivity contribution in [3.8, 4) is 23.0 Å². The molecule has 2 unspecified atom stereocenters. The first-order valence-corrected chi connectivity index (χ1v) is 24.6. The summed E-state index contributed by atoms with van der Waals surface area (Å²) in [5.41, 5.74) is 10.8. The molecule has 1 aromatic heterocycles. The largest absolute Gasteiger partial charge is 0.493 e. The van der Waals surface area contributed by atoms with Gasteiger partial charge in [0, 0.05) is 47.0 Å². The molecule has 0 fully saturated rings. The van der Waals surface area contributed by atoms with Gasteiger partial charge in [-0.25, -0.2) is 4.98 Å². The zero-order chi connectivity index (χ0) is 50.3. The first-order chi connectivity index (χ1) is 33.5. The van der Waals surface area contributed by atoms with Crippen LogP contribution in [0.3, 0.4) is 0 Å². The van der Waals surface area contributed by atoms with Crippen LogP contribution in [0.5, 0.6) is 23.0 Å². The summed E-state index contributed by atoms with van der Waals surface area (Å²) in [7, 11) is 3.23. The lowest BCUT2D eigenvalue weighted by molar-refractivity contribution is -0.106. The average molecular weight is 934 g/mol. The van der Waals surface area contributed by atoms with E-state index in [0.717, 1.165) is 72.5 Å². The Morgan fingerprint density at radius 2 is 1.20 bits per heavy atom. The maximum Gasteiger partial charge on any atom is 0.163 e. The number of methoxy groups -OCH3 is 2. The van der Waals surface area contributed by atoms with Crippen LogP contribution in [0.4, 0.5) is 11.4 Å². The third-order valence-electron chi connectivity index (χ3n) is 12.0. The van der Waals surface area contributed by atoms with Crippen LogP contribution < -0.4 is 18.9 Å². The second kappa shape index (κ2) is 28.7. The third-order valence-corrected chi connectivity index (χ3v) is 12.0. The molecule has 0 aliphatic carbocycles. The van der Waals surface area contributed by atoms with E-state index in [0.29, 0.717) is 51.8 Å². The Labute approximate surface area is 412 Å². The Kier molecular flexibility index (Phi) is 22.8. The van der Waals surface area contributed by atoms with Crippen LogP contribution in [0.15, 0.2) is 113 Å². The van der Waals surface area contributed by atoms with Crippen LogP contribution in [0.25, 0.3) is 10.9 Å². The average Bonchev–Trinajstić information content (AvgIpc) is 3.36. The zero-order valence-corrected chi connectivity index (χ0v) is 43.2. The lowest BCUT2D eigenvalue weighted by Gasteiger charge is -2.19. The van der Waals surface area contributed by atoms with Gasteiger partial charge in [-0.3, -0.25) is 14.8 Å². The number of fused-ring (bicyclic) bond motifs is 1. The molecular weight excluding hydrogens is 859 g/mol. The van der Waals surface area contributed by atoms with Gasteiger partial charge in [-0.1, -0.05) is 122 Å². The molecule has 0 aliphatic heterocycles. The number of Topliss-reactive ketones (excluding diaryl/α,β-unsaturated/α-hetero) is 1. The van der Waals surface area contributed by atoms with E-state index in [-0.39, 0.29) is 24.9 Å². The Bertz CT molecular complexity index is 2630. The van der Waals surface area contributed by atoms with Gasteiger partial charge in [-0.2, -0.15) is 0 Å². The fourth-order valence-electron chi connectivity index (χ4n) is 8.24. The fourth-order valence-corrected chi connectivity index (χ4v) is 8.24. The van der Waals surface area contributed by atoms with Gasteiger partial charge in [-0.05, 0) is 117 Å². The van der Waals surface area contributed by atoms with Gasteiger partial charge < -0.3 is 23.7 Å². The van der Waals surface area contributed by atoms with E-state index in [1.54, 1.807) is 33.3 Å². The van der Waals surface area contributed by atoms with Crippen LogP contribution in [0, 0.1) is 24.7 Å². The molecule has 1 heterocycles. The Balaban J connectivity index is 0.00000199. The van der Waals surface area contributed by atoms with Crippen LogP contribution >= 0.6 is 0 Å². The number of aromatic nitrogens is 1. The Hall–Kier alpha value is -6.61. The van der Waals surface area contributed by atoms with Crippen molar-refractivity contribution in [2.75, 3.05) is 14.2 Å². The molecule has 6 rings (SSSR count). The number of aldehydes is 1. The smallest absolute Gasteiger partial charge is 0.163 e. The van der Waals surface area contributed by atoms with Gasteiger partial charge in [0.25, 0.3) is 0 Å². The molecule has 0 bridgehead atoms. The monoisotopic (exact) mass is 934 g/mol. The molecule has 9 heteroatoms. The first-order valence-electron chi connectivity index (χ1n) is 24.6. The van der Waals surface area contributed by atoms with Crippen molar-refractivity contribution in [3.05, 3.63) is 148 Å². The van der Waals surface area contributed by atoms with Gasteiger partial charge in [0.2, 0.25) is 0 Å². The highest BCUT2D eigenvalue weighted by molar-refractivity contribution is 6.00. The van der Waals surface area contributed by atoms with Gasteiger partial charge in [-0.15, -0.1) is 0 Å². The number of hydrogen-bond acceptors (Lipinski definition) is 9. The molecule has 0 radical (unpaired) electrons. The molecular formula is C60H75N3O6. The predicted molar refractivity (Wildman–Crippen MR) is 286 cm³/mol. The van der Waals surface area contributed by atoms with E-state index in [4.69, 9.17) is 38.7 Å². The number of ketones is 1. The normalized spacial score (nSPS) is 12.0. The van der Waals surface area contributed by atoms with Crippen molar-refractivity contribution in [1.29, 1.82) is 0 Å². The number of nitrogens with zero attached hydrogens (tertiary/aromatic N) is 3. The van der Waals surface area contributed by atoms with Crippen LogP contribution in [-0.2, 0) is 43.7 Å². The standard InChI is InChI=1S/C56H65N3O5.C2H4O.C2H6/c1-10-19-40(27-43-22-15-13-20-41(43)11-2)33-57-51-31-55(53(61-8)26-38(51)6)63-35-46-29-47(59-50-25-18-17-24-48(46)50)36-64-56-32-52(49(39(7)60)30-54(56)62-9)58-34-45(37(4)5)28-44-23-16-14-21-42(44)12-3;1-2-3;1-2/h13-18,20-26,29-34,37,40,45H,10-12,19,27-28,35-36H2,1-9H3;2H,1H3;1-2H3. The molecule has 9 nitrogen and oxygen atoms in total. The maximum atomic E-state index is 12.9. The predicted octanol–water partition coefficient (Wildman–Crippen LogP) is 14.9. The van der Waals surface area contributed by atoms with Crippen LogP contribution in [0.2, 0.25) is 0 Å². The number of para-hydroxylation sites is 1. The number of benzene rings is 5. The summed E-state index contributed by atoms with van der Waals surface area (Å²) in [4.78, 5) is 36.7. The lowest BCUT2D eigenvalue weighted by atomic mass is 9.88.